The van der Waals surface area contributed by atoms with Crippen molar-refractivity contribution in [2.45, 2.75) is 37.0 Å². The number of aromatic hydroxyl groups is 1. The Morgan fingerprint density at radius 3 is 1.79 bits per heavy atom. The monoisotopic (exact) mass is 502 g/mol. The first kappa shape index (κ1) is 28.1. The molecule has 0 saturated heterocycles. The number of thiol groups is 2. The van der Waals surface area contributed by atoms with Gasteiger partial charge in [-0.3, -0.25) is 19.2 Å². The summed E-state index contributed by atoms with van der Waals surface area (Å²) >= 11 is 7.78. The van der Waals surface area contributed by atoms with E-state index in [2.05, 4.69) is 41.2 Å². The maximum Gasteiger partial charge on any atom is 0.327 e. The van der Waals surface area contributed by atoms with Gasteiger partial charge in [0.2, 0.25) is 17.7 Å². The van der Waals surface area contributed by atoms with Gasteiger partial charge in [0.05, 0.1) is 12.5 Å². The number of hydrogen-bond acceptors (Lipinski definition) is 9. The van der Waals surface area contributed by atoms with E-state index in [0.29, 0.717) is 5.56 Å². The molecule has 8 N–H and O–H groups in total. The van der Waals surface area contributed by atoms with Crippen LogP contribution in [0.5, 0.6) is 5.75 Å². The molecule has 14 heteroatoms. The lowest BCUT2D eigenvalue weighted by Gasteiger charge is -2.23. The van der Waals surface area contributed by atoms with E-state index in [1.165, 1.54) is 12.1 Å². The fourth-order valence-electron chi connectivity index (χ4n) is 2.57. The van der Waals surface area contributed by atoms with Crippen LogP contribution in [0.15, 0.2) is 24.3 Å². The first-order chi connectivity index (χ1) is 15.5. The average Bonchev–Trinajstić information content (AvgIpc) is 2.75. The third-order valence-corrected chi connectivity index (χ3v) is 5.08. The maximum atomic E-state index is 12.6. The second-order valence-electron chi connectivity index (χ2n) is 6.96. The molecule has 0 radical (unpaired) electrons. The summed E-state index contributed by atoms with van der Waals surface area (Å²) in [4.78, 5) is 59.5. The fourth-order valence-corrected chi connectivity index (χ4v) is 3.07. The number of phenolic OH excluding ortho intramolecular Hbond substituents is 1. The Bertz CT molecular complexity index is 868. The molecule has 1 rings (SSSR count). The number of hydrogen-bond donors (Lipinski definition) is 9. The number of phenols is 1. The van der Waals surface area contributed by atoms with Crippen molar-refractivity contribution >= 4 is 54.9 Å². The van der Waals surface area contributed by atoms with Crippen molar-refractivity contribution < 1.29 is 39.3 Å². The minimum atomic E-state index is -1.56. The summed E-state index contributed by atoms with van der Waals surface area (Å²) in [5.74, 6) is -5.80. The number of nitrogens with two attached hydrogens (primary N) is 1. The predicted molar refractivity (Wildman–Crippen MR) is 123 cm³/mol. The summed E-state index contributed by atoms with van der Waals surface area (Å²) in [5.41, 5.74) is 6.47. The van der Waals surface area contributed by atoms with Crippen LogP contribution in [0.4, 0.5) is 0 Å². The molecule has 0 heterocycles. The third-order valence-electron chi connectivity index (χ3n) is 4.35. The standard InChI is InChI=1S/C19H26N4O8S2/c20-11(5-9-1-3-10(24)4-2-9)16(27)21-12(6-15(25)26)17(28)22-13(7-32)18(29)23-14(8-33)19(30)31/h1-4,11-14,24,32-33H,5-8,20H2,(H,21,27)(H,22,28)(H,23,29)(H,25,26)(H,30,31). The van der Waals surface area contributed by atoms with Crippen LogP contribution in [0.25, 0.3) is 0 Å². The Balaban J connectivity index is 2.84. The minimum absolute atomic E-state index is 0.0294. The zero-order chi connectivity index (χ0) is 25.1. The molecule has 1 aromatic rings. The van der Waals surface area contributed by atoms with E-state index < -0.39 is 60.2 Å². The van der Waals surface area contributed by atoms with Crippen molar-refractivity contribution in [3.63, 3.8) is 0 Å². The molecule has 0 fully saturated rings. The van der Waals surface area contributed by atoms with E-state index in [1.54, 1.807) is 12.1 Å². The largest absolute Gasteiger partial charge is 0.508 e. The van der Waals surface area contributed by atoms with E-state index in [1.807, 2.05) is 0 Å². The molecule has 0 spiro atoms. The van der Waals surface area contributed by atoms with Gasteiger partial charge in [0.25, 0.3) is 0 Å². The molecular formula is C19H26N4O8S2. The molecule has 12 nitrogen and oxygen atoms in total. The zero-order valence-corrected chi connectivity index (χ0v) is 19.1. The molecule has 0 aliphatic carbocycles. The lowest BCUT2D eigenvalue weighted by atomic mass is 10.0. The molecule has 0 aromatic heterocycles. The second-order valence-corrected chi connectivity index (χ2v) is 7.69. The van der Waals surface area contributed by atoms with Crippen LogP contribution in [0.3, 0.4) is 0 Å². The highest BCUT2D eigenvalue weighted by Gasteiger charge is 2.30. The Labute approximate surface area is 200 Å². The highest BCUT2D eigenvalue weighted by Crippen LogP contribution is 2.11. The Morgan fingerprint density at radius 2 is 1.30 bits per heavy atom. The Morgan fingerprint density at radius 1 is 0.818 bits per heavy atom. The molecule has 0 aliphatic heterocycles. The lowest BCUT2D eigenvalue weighted by molar-refractivity contribution is -0.142. The molecule has 33 heavy (non-hydrogen) atoms. The van der Waals surface area contributed by atoms with Crippen LogP contribution in [0, 0.1) is 0 Å². The summed E-state index contributed by atoms with van der Waals surface area (Å²) < 4.78 is 0. The number of nitrogens with one attached hydrogen (secondary N) is 3. The van der Waals surface area contributed by atoms with Gasteiger partial charge in [-0.2, -0.15) is 25.3 Å². The number of amides is 3. The van der Waals surface area contributed by atoms with E-state index in [4.69, 9.17) is 15.9 Å². The van der Waals surface area contributed by atoms with Crippen LogP contribution >= 0.6 is 25.3 Å². The van der Waals surface area contributed by atoms with Crippen molar-refractivity contribution in [2.75, 3.05) is 11.5 Å². The van der Waals surface area contributed by atoms with Crippen LogP contribution in [0.1, 0.15) is 12.0 Å². The number of benzene rings is 1. The third kappa shape index (κ3) is 9.59. The molecule has 0 aliphatic rings. The molecular weight excluding hydrogens is 476 g/mol. The molecule has 1 aromatic carbocycles. The normalized spacial score (nSPS) is 14.3. The zero-order valence-electron chi connectivity index (χ0n) is 17.3. The average molecular weight is 503 g/mol. The van der Waals surface area contributed by atoms with Crippen LogP contribution in [0.2, 0.25) is 0 Å². The SMILES string of the molecule is NC(Cc1ccc(O)cc1)C(=O)NC(CC(=O)O)C(=O)NC(CS)C(=O)NC(CS)C(=O)O. The van der Waals surface area contributed by atoms with Crippen molar-refractivity contribution in [1.29, 1.82) is 0 Å². The number of carboxylic acid groups (broad SMARTS) is 2. The highest BCUT2D eigenvalue weighted by molar-refractivity contribution is 7.80. The molecule has 3 amide bonds. The van der Waals surface area contributed by atoms with E-state index in [0.717, 1.165) is 0 Å². The lowest BCUT2D eigenvalue weighted by Crippen LogP contribution is -2.58. The molecule has 4 atom stereocenters. The maximum absolute atomic E-state index is 12.6. The Hall–Kier alpha value is -2.97. The summed E-state index contributed by atoms with van der Waals surface area (Å²) in [6.45, 7) is 0. The predicted octanol–water partition coefficient (Wildman–Crippen LogP) is -1.86. The van der Waals surface area contributed by atoms with Gasteiger partial charge in [-0.05, 0) is 24.1 Å². The smallest absolute Gasteiger partial charge is 0.327 e. The van der Waals surface area contributed by atoms with Crippen molar-refractivity contribution in [2.24, 2.45) is 5.73 Å². The summed E-state index contributed by atoms with van der Waals surface area (Å²) in [7, 11) is 0. The number of rotatable bonds is 13. The first-order valence-electron chi connectivity index (χ1n) is 9.59. The van der Waals surface area contributed by atoms with Crippen LogP contribution in [-0.4, -0.2) is 80.7 Å². The number of carbonyl (C=O) groups is 5. The number of aliphatic carboxylic acids is 2. The minimum Gasteiger partial charge on any atom is -0.508 e. The van der Waals surface area contributed by atoms with Crippen molar-refractivity contribution in [3.8, 4) is 5.75 Å². The van der Waals surface area contributed by atoms with Gasteiger partial charge in [-0.25, -0.2) is 4.79 Å². The van der Waals surface area contributed by atoms with Gasteiger partial charge in [0.15, 0.2) is 0 Å². The quantitative estimate of drug-likeness (QED) is 0.138. The number of carboxylic acids is 2. The van der Waals surface area contributed by atoms with Crippen molar-refractivity contribution in [3.05, 3.63) is 29.8 Å². The van der Waals surface area contributed by atoms with Crippen LogP contribution in [-0.2, 0) is 30.4 Å². The van der Waals surface area contributed by atoms with Gasteiger partial charge < -0.3 is 37.0 Å². The fraction of sp³-hybridized carbons (Fsp3) is 0.421. The van der Waals surface area contributed by atoms with Gasteiger partial charge in [0, 0.05) is 11.5 Å². The van der Waals surface area contributed by atoms with Gasteiger partial charge in [-0.15, -0.1) is 0 Å². The highest BCUT2D eigenvalue weighted by atomic mass is 32.1. The topological polar surface area (TPSA) is 208 Å². The van der Waals surface area contributed by atoms with E-state index in [-0.39, 0.29) is 23.7 Å². The van der Waals surface area contributed by atoms with E-state index in [9.17, 15) is 29.1 Å². The van der Waals surface area contributed by atoms with E-state index >= 15 is 0 Å². The van der Waals surface area contributed by atoms with Gasteiger partial charge in [0.1, 0.15) is 23.9 Å². The second kappa shape index (κ2) is 13.5. The summed E-state index contributed by atoms with van der Waals surface area (Å²) in [6, 6.07) is 0.613. The van der Waals surface area contributed by atoms with Gasteiger partial charge >= 0.3 is 11.9 Å². The van der Waals surface area contributed by atoms with Crippen LogP contribution < -0.4 is 21.7 Å². The molecule has 0 bridgehead atoms. The first-order valence-corrected chi connectivity index (χ1v) is 10.9. The van der Waals surface area contributed by atoms with Gasteiger partial charge in [-0.1, -0.05) is 12.1 Å². The number of carbonyl (C=O) groups excluding carboxylic acids is 3. The Kier molecular flexibility index (Phi) is 11.5. The molecule has 4 unspecified atom stereocenters. The molecule has 182 valence electrons. The van der Waals surface area contributed by atoms with Crippen molar-refractivity contribution in [1.82, 2.24) is 16.0 Å². The summed E-state index contributed by atoms with van der Waals surface area (Å²) in [5, 5.41) is 34.1. The molecule has 0 saturated carbocycles. The summed E-state index contributed by atoms with van der Waals surface area (Å²) in [6.07, 6.45) is -0.742.